The lowest BCUT2D eigenvalue weighted by molar-refractivity contribution is -0.137. The van der Waals surface area contributed by atoms with Gasteiger partial charge < -0.3 is 15.2 Å². The molecule has 1 aromatic carbocycles. The van der Waals surface area contributed by atoms with Gasteiger partial charge in [0.05, 0.1) is 12.7 Å². The lowest BCUT2D eigenvalue weighted by atomic mass is 10.2. The molecule has 7 heteroatoms. The fourth-order valence-corrected chi connectivity index (χ4v) is 1.64. The van der Waals surface area contributed by atoms with Crippen LogP contribution in [-0.4, -0.2) is 12.1 Å². The summed E-state index contributed by atoms with van der Waals surface area (Å²) in [6, 6.07) is 8.53. The second-order valence-corrected chi connectivity index (χ2v) is 4.25. The number of hydrogen-bond donors (Lipinski definition) is 1. The van der Waals surface area contributed by atoms with E-state index >= 15 is 0 Å². The summed E-state index contributed by atoms with van der Waals surface area (Å²) in [6.45, 7) is 0.0811. The molecule has 0 saturated heterocycles. The van der Waals surface area contributed by atoms with Crippen LogP contribution >= 0.6 is 0 Å². The maximum absolute atomic E-state index is 12.6. The molecule has 2 aromatic rings. The lowest BCUT2D eigenvalue weighted by Gasteiger charge is -2.11. The molecule has 112 valence electrons. The number of pyridine rings is 1. The first-order chi connectivity index (χ1) is 9.88. The van der Waals surface area contributed by atoms with Crippen LogP contribution in [0.2, 0.25) is 0 Å². The molecule has 2 N–H and O–H groups in total. The smallest absolute Gasteiger partial charge is 0.416 e. The van der Waals surface area contributed by atoms with E-state index in [1.807, 2.05) is 0 Å². The zero-order valence-electron chi connectivity index (χ0n) is 11.1. The van der Waals surface area contributed by atoms with Gasteiger partial charge >= 0.3 is 6.18 Å². The molecule has 4 nitrogen and oxygen atoms in total. The Hall–Kier alpha value is -2.44. The Bertz CT molecular complexity index is 613. The van der Waals surface area contributed by atoms with Crippen LogP contribution in [0.5, 0.6) is 11.6 Å². The first-order valence-electron chi connectivity index (χ1n) is 5.99. The molecule has 1 heterocycles. The van der Waals surface area contributed by atoms with E-state index in [1.165, 1.54) is 0 Å². The van der Waals surface area contributed by atoms with Gasteiger partial charge in [0.1, 0.15) is 18.2 Å². The lowest BCUT2D eigenvalue weighted by Crippen LogP contribution is -2.08. The number of hydrogen-bond acceptors (Lipinski definition) is 4. The number of nitrogens with zero attached hydrogens (tertiary/aromatic N) is 1. The molecule has 0 unspecified atom stereocenters. The highest BCUT2D eigenvalue weighted by Gasteiger charge is 2.31. The third kappa shape index (κ3) is 4.01. The van der Waals surface area contributed by atoms with Crippen molar-refractivity contribution in [3.8, 4) is 11.6 Å². The predicted molar refractivity (Wildman–Crippen MR) is 71.0 cm³/mol. The number of rotatable bonds is 4. The van der Waals surface area contributed by atoms with Crippen molar-refractivity contribution in [2.24, 2.45) is 0 Å². The highest BCUT2D eigenvalue weighted by Crippen LogP contribution is 2.32. The molecular weight excluding hydrogens is 285 g/mol. The van der Waals surface area contributed by atoms with E-state index in [4.69, 9.17) is 15.2 Å². The van der Waals surface area contributed by atoms with Gasteiger partial charge in [0, 0.05) is 6.07 Å². The number of methoxy groups -OCH3 is 1. The average Bonchev–Trinajstić information content (AvgIpc) is 2.44. The SMILES string of the molecule is COc1ccc(COc2cc(C(F)(F)F)cc(N)n2)cc1. The molecule has 0 radical (unpaired) electrons. The summed E-state index contributed by atoms with van der Waals surface area (Å²) in [5, 5.41) is 0. The molecule has 2 rings (SSSR count). The monoisotopic (exact) mass is 298 g/mol. The molecule has 0 bridgehead atoms. The highest BCUT2D eigenvalue weighted by molar-refractivity contribution is 5.38. The fourth-order valence-electron chi connectivity index (χ4n) is 1.64. The first-order valence-corrected chi connectivity index (χ1v) is 5.99. The topological polar surface area (TPSA) is 57.4 Å². The number of nitrogen functional groups attached to an aromatic ring is 1. The highest BCUT2D eigenvalue weighted by atomic mass is 19.4. The molecule has 0 aliphatic rings. The van der Waals surface area contributed by atoms with Crippen LogP contribution in [0.1, 0.15) is 11.1 Å². The molecule has 0 saturated carbocycles. The quantitative estimate of drug-likeness (QED) is 0.941. The summed E-state index contributed by atoms with van der Waals surface area (Å²) in [4.78, 5) is 3.73. The predicted octanol–water partition coefficient (Wildman–Crippen LogP) is 3.27. The van der Waals surface area contributed by atoms with E-state index in [-0.39, 0.29) is 18.3 Å². The van der Waals surface area contributed by atoms with E-state index in [2.05, 4.69) is 4.98 Å². The summed E-state index contributed by atoms with van der Waals surface area (Å²) >= 11 is 0. The number of aromatic nitrogens is 1. The van der Waals surface area contributed by atoms with Crippen molar-refractivity contribution in [1.82, 2.24) is 4.98 Å². The van der Waals surface area contributed by atoms with Gasteiger partial charge in [0.25, 0.3) is 0 Å². The number of alkyl halides is 3. The van der Waals surface area contributed by atoms with Crippen molar-refractivity contribution in [2.75, 3.05) is 12.8 Å². The van der Waals surface area contributed by atoms with E-state index < -0.39 is 11.7 Å². The third-order valence-corrected chi connectivity index (χ3v) is 2.69. The van der Waals surface area contributed by atoms with Crippen LogP contribution < -0.4 is 15.2 Å². The van der Waals surface area contributed by atoms with Gasteiger partial charge in [0.15, 0.2) is 0 Å². The summed E-state index contributed by atoms with van der Waals surface area (Å²) in [5.74, 6) is 0.271. The second kappa shape index (κ2) is 5.90. The molecule has 21 heavy (non-hydrogen) atoms. The van der Waals surface area contributed by atoms with Gasteiger partial charge in [-0.2, -0.15) is 18.2 Å². The largest absolute Gasteiger partial charge is 0.497 e. The third-order valence-electron chi connectivity index (χ3n) is 2.69. The van der Waals surface area contributed by atoms with Crippen LogP contribution in [0, 0.1) is 0 Å². The average molecular weight is 298 g/mol. The Balaban J connectivity index is 2.10. The Morgan fingerprint density at radius 1 is 1.14 bits per heavy atom. The number of halogens is 3. The van der Waals surface area contributed by atoms with Crippen molar-refractivity contribution in [1.29, 1.82) is 0 Å². The van der Waals surface area contributed by atoms with Gasteiger partial charge in [-0.3, -0.25) is 0 Å². The second-order valence-electron chi connectivity index (χ2n) is 4.25. The Labute approximate surface area is 119 Å². The Morgan fingerprint density at radius 3 is 2.38 bits per heavy atom. The van der Waals surface area contributed by atoms with Crippen LogP contribution in [0.15, 0.2) is 36.4 Å². The van der Waals surface area contributed by atoms with Crippen LogP contribution in [0.25, 0.3) is 0 Å². The minimum absolute atomic E-state index is 0.0811. The molecular formula is C14H13F3N2O2. The number of anilines is 1. The van der Waals surface area contributed by atoms with Crippen molar-refractivity contribution in [3.63, 3.8) is 0 Å². The van der Waals surface area contributed by atoms with Gasteiger partial charge in [-0.05, 0) is 23.8 Å². The van der Waals surface area contributed by atoms with Crippen LogP contribution in [0.3, 0.4) is 0 Å². The van der Waals surface area contributed by atoms with E-state index in [1.54, 1.807) is 31.4 Å². The molecule has 0 amide bonds. The van der Waals surface area contributed by atoms with Gasteiger partial charge in [-0.15, -0.1) is 0 Å². The molecule has 0 aliphatic heterocycles. The van der Waals surface area contributed by atoms with E-state index in [0.29, 0.717) is 5.75 Å². The minimum Gasteiger partial charge on any atom is -0.497 e. The van der Waals surface area contributed by atoms with E-state index in [0.717, 1.165) is 17.7 Å². The maximum Gasteiger partial charge on any atom is 0.416 e. The van der Waals surface area contributed by atoms with Crippen LogP contribution in [0.4, 0.5) is 19.0 Å². The van der Waals surface area contributed by atoms with Crippen molar-refractivity contribution < 1.29 is 22.6 Å². The molecule has 1 aromatic heterocycles. The summed E-state index contributed by atoms with van der Waals surface area (Å²) in [5.41, 5.74) is 5.24. The summed E-state index contributed by atoms with van der Waals surface area (Å²) < 4.78 is 48.2. The number of nitrogens with two attached hydrogens (primary N) is 1. The standard InChI is InChI=1S/C14H13F3N2O2/c1-20-11-4-2-9(3-5-11)8-21-13-7-10(14(15,16)17)6-12(18)19-13/h2-7H,8H2,1H3,(H2,18,19). The van der Waals surface area contributed by atoms with Gasteiger partial charge in [-0.1, -0.05) is 12.1 Å². The Kier molecular flexibility index (Phi) is 4.21. The number of ether oxygens (including phenoxy) is 2. The maximum atomic E-state index is 12.6. The minimum atomic E-state index is -4.49. The molecule has 0 atom stereocenters. The molecule has 0 aliphatic carbocycles. The zero-order valence-corrected chi connectivity index (χ0v) is 11.1. The molecule has 0 spiro atoms. The fraction of sp³-hybridized carbons (Fsp3) is 0.214. The van der Waals surface area contributed by atoms with E-state index in [9.17, 15) is 13.2 Å². The first kappa shape index (κ1) is 15.0. The van der Waals surface area contributed by atoms with Crippen molar-refractivity contribution in [3.05, 3.63) is 47.5 Å². The van der Waals surface area contributed by atoms with Crippen LogP contribution in [-0.2, 0) is 12.8 Å². The number of benzene rings is 1. The van der Waals surface area contributed by atoms with Crippen molar-refractivity contribution >= 4 is 5.82 Å². The summed E-state index contributed by atoms with van der Waals surface area (Å²) in [7, 11) is 1.54. The normalized spacial score (nSPS) is 11.2. The Morgan fingerprint density at radius 2 is 1.81 bits per heavy atom. The van der Waals surface area contributed by atoms with Gasteiger partial charge in [-0.25, -0.2) is 0 Å². The molecule has 0 fully saturated rings. The zero-order chi connectivity index (χ0) is 15.5. The van der Waals surface area contributed by atoms with Crippen molar-refractivity contribution in [2.45, 2.75) is 12.8 Å². The van der Waals surface area contributed by atoms with Gasteiger partial charge in [0.2, 0.25) is 5.88 Å². The summed E-state index contributed by atoms with van der Waals surface area (Å²) in [6.07, 6.45) is -4.49.